The van der Waals surface area contributed by atoms with Crippen LogP contribution in [0, 0.1) is 5.82 Å². The van der Waals surface area contributed by atoms with E-state index in [0.29, 0.717) is 30.5 Å². The molecule has 3 rings (SSSR count). The van der Waals surface area contributed by atoms with E-state index in [1.54, 1.807) is 6.20 Å². The molecule has 2 aromatic rings. The van der Waals surface area contributed by atoms with Gasteiger partial charge in [-0.25, -0.2) is 19.2 Å². The molecule has 0 bridgehead atoms. The van der Waals surface area contributed by atoms with Gasteiger partial charge < -0.3 is 19.5 Å². The molecule has 1 aromatic carbocycles. The summed E-state index contributed by atoms with van der Waals surface area (Å²) in [5.74, 6) is -0.145. The van der Waals surface area contributed by atoms with Crippen molar-refractivity contribution in [2.24, 2.45) is 0 Å². The Hall–Kier alpha value is -2.90. The first kappa shape index (κ1) is 16.9. The number of hydrogen-bond donors (Lipinski definition) is 1. The predicted molar refractivity (Wildman–Crippen MR) is 87.4 cm³/mol. The number of halogens is 1. The van der Waals surface area contributed by atoms with Crippen molar-refractivity contribution >= 4 is 11.8 Å². The highest BCUT2D eigenvalue weighted by molar-refractivity contribution is 5.78. The number of carboxylic acids is 1. The number of carbonyl (C=O) groups is 1. The van der Waals surface area contributed by atoms with E-state index >= 15 is 0 Å². The largest absolute Gasteiger partial charge is 0.478 e. The van der Waals surface area contributed by atoms with E-state index in [0.717, 1.165) is 0 Å². The van der Waals surface area contributed by atoms with Crippen LogP contribution in [-0.2, 0) is 4.79 Å². The van der Waals surface area contributed by atoms with E-state index in [1.807, 2.05) is 4.90 Å². The second kappa shape index (κ2) is 6.92. The highest BCUT2D eigenvalue weighted by Crippen LogP contribution is 2.33. The van der Waals surface area contributed by atoms with Crippen LogP contribution in [0.5, 0.6) is 11.6 Å². The molecule has 0 aliphatic carbocycles. The Morgan fingerprint density at radius 1 is 1.20 bits per heavy atom. The van der Waals surface area contributed by atoms with Crippen molar-refractivity contribution in [2.45, 2.75) is 18.4 Å². The van der Waals surface area contributed by atoms with Crippen molar-refractivity contribution < 1.29 is 23.8 Å². The summed E-state index contributed by atoms with van der Waals surface area (Å²) >= 11 is 0. The number of piperidine rings is 1. The molecule has 0 amide bonds. The summed E-state index contributed by atoms with van der Waals surface area (Å²) in [5.41, 5.74) is -1.36. The van der Waals surface area contributed by atoms with Crippen molar-refractivity contribution in [3.05, 3.63) is 42.5 Å². The van der Waals surface area contributed by atoms with E-state index in [9.17, 15) is 14.3 Å². The topological polar surface area (TPSA) is 84.8 Å². The lowest BCUT2D eigenvalue weighted by molar-refractivity contribution is -0.157. The number of carboxylic acid groups (broad SMARTS) is 1. The second-order valence-electron chi connectivity index (χ2n) is 5.73. The third kappa shape index (κ3) is 3.47. The van der Waals surface area contributed by atoms with Crippen molar-refractivity contribution in [3.63, 3.8) is 0 Å². The smallest absolute Gasteiger partial charge is 0.348 e. The van der Waals surface area contributed by atoms with Crippen molar-refractivity contribution in [1.29, 1.82) is 0 Å². The molecule has 0 spiro atoms. The minimum absolute atomic E-state index is 0.249. The fourth-order valence-corrected chi connectivity index (χ4v) is 2.85. The third-order valence-electron chi connectivity index (χ3n) is 4.23. The average Bonchev–Trinajstić information content (AvgIpc) is 2.64. The maximum absolute atomic E-state index is 13.0. The van der Waals surface area contributed by atoms with Gasteiger partial charge in [-0.15, -0.1) is 0 Å². The second-order valence-corrected chi connectivity index (χ2v) is 5.73. The molecule has 0 radical (unpaired) electrons. The standard InChI is InChI=1S/C17H18FN3O4/c1-24-15-14(19-8-9-20-15)21-10-6-17(7-11-21,16(22)23)25-13-4-2-12(18)3-5-13/h2-5,8-9H,6-7,10-11H2,1H3,(H,22,23). The first-order valence-corrected chi connectivity index (χ1v) is 7.82. The quantitative estimate of drug-likeness (QED) is 0.887. The van der Waals surface area contributed by atoms with Gasteiger partial charge in [0.25, 0.3) is 5.88 Å². The van der Waals surface area contributed by atoms with Gasteiger partial charge in [0.2, 0.25) is 5.60 Å². The molecule has 1 N–H and O–H groups in total. The van der Waals surface area contributed by atoms with Crippen molar-refractivity contribution in [1.82, 2.24) is 9.97 Å². The van der Waals surface area contributed by atoms with Crippen LogP contribution in [-0.4, -0.2) is 46.8 Å². The Morgan fingerprint density at radius 2 is 1.84 bits per heavy atom. The van der Waals surface area contributed by atoms with Gasteiger partial charge >= 0.3 is 5.97 Å². The number of nitrogens with zero attached hydrogens (tertiary/aromatic N) is 3. The van der Waals surface area contributed by atoms with Crippen LogP contribution in [0.15, 0.2) is 36.7 Å². The maximum Gasteiger partial charge on any atom is 0.348 e. The number of aliphatic carboxylic acids is 1. The fraction of sp³-hybridized carbons (Fsp3) is 0.353. The SMILES string of the molecule is COc1nccnc1N1CCC(Oc2ccc(F)cc2)(C(=O)O)CC1. The molecule has 8 heteroatoms. The highest BCUT2D eigenvalue weighted by Gasteiger charge is 2.44. The van der Waals surface area contributed by atoms with Gasteiger partial charge in [0, 0.05) is 38.3 Å². The van der Waals surface area contributed by atoms with Crippen molar-refractivity contribution in [2.75, 3.05) is 25.1 Å². The fourth-order valence-electron chi connectivity index (χ4n) is 2.85. The monoisotopic (exact) mass is 347 g/mol. The normalized spacial score (nSPS) is 16.3. The van der Waals surface area contributed by atoms with Gasteiger partial charge in [-0.1, -0.05) is 0 Å². The first-order chi connectivity index (χ1) is 12.0. The van der Waals surface area contributed by atoms with Gasteiger partial charge in [-0.2, -0.15) is 0 Å². The summed E-state index contributed by atoms with van der Waals surface area (Å²) in [4.78, 5) is 22.1. The molecule has 1 fully saturated rings. The molecule has 25 heavy (non-hydrogen) atoms. The van der Waals surface area contributed by atoms with Gasteiger partial charge in [-0.05, 0) is 24.3 Å². The summed E-state index contributed by atoms with van der Waals surface area (Å²) in [6.45, 7) is 0.838. The zero-order valence-corrected chi connectivity index (χ0v) is 13.7. The minimum atomic E-state index is -1.36. The predicted octanol–water partition coefficient (Wildman–Crippen LogP) is 2.13. The van der Waals surface area contributed by atoms with Crippen molar-refractivity contribution in [3.8, 4) is 11.6 Å². The third-order valence-corrected chi connectivity index (χ3v) is 4.23. The van der Waals surface area contributed by atoms with Crippen LogP contribution in [0.2, 0.25) is 0 Å². The molecular weight excluding hydrogens is 329 g/mol. The van der Waals surface area contributed by atoms with Gasteiger partial charge in [0.1, 0.15) is 11.6 Å². The molecule has 7 nitrogen and oxygen atoms in total. The average molecular weight is 347 g/mol. The number of hydrogen-bond acceptors (Lipinski definition) is 6. The number of methoxy groups -OCH3 is 1. The lowest BCUT2D eigenvalue weighted by atomic mass is 9.91. The van der Waals surface area contributed by atoms with Gasteiger partial charge in [-0.3, -0.25) is 0 Å². The molecule has 2 heterocycles. The molecule has 1 aliphatic heterocycles. The molecule has 0 saturated carbocycles. The van der Waals surface area contributed by atoms with E-state index in [-0.39, 0.29) is 12.8 Å². The summed E-state index contributed by atoms with van der Waals surface area (Å²) in [6.07, 6.45) is 3.59. The van der Waals surface area contributed by atoms with Gasteiger partial charge in [0.15, 0.2) is 5.82 Å². The number of anilines is 1. The lowest BCUT2D eigenvalue weighted by Gasteiger charge is -2.39. The Labute approximate surface area is 144 Å². The lowest BCUT2D eigenvalue weighted by Crippen LogP contribution is -2.53. The van der Waals surface area contributed by atoms with E-state index in [4.69, 9.17) is 9.47 Å². The molecule has 132 valence electrons. The van der Waals surface area contributed by atoms with E-state index in [2.05, 4.69) is 9.97 Å². The molecule has 1 aliphatic rings. The molecule has 0 unspecified atom stereocenters. The maximum atomic E-state index is 13.0. The summed E-state index contributed by atoms with van der Waals surface area (Å²) in [6, 6.07) is 5.34. The zero-order chi connectivity index (χ0) is 17.9. The summed E-state index contributed by atoms with van der Waals surface area (Å²) < 4.78 is 24.0. The first-order valence-electron chi connectivity index (χ1n) is 7.82. The van der Waals surface area contributed by atoms with Crippen LogP contribution in [0.3, 0.4) is 0 Å². The minimum Gasteiger partial charge on any atom is -0.478 e. The molecular formula is C17H18FN3O4. The Kier molecular flexibility index (Phi) is 4.69. The Bertz CT molecular complexity index is 746. The van der Waals surface area contributed by atoms with E-state index in [1.165, 1.54) is 37.6 Å². The van der Waals surface area contributed by atoms with Crippen LogP contribution in [0.25, 0.3) is 0 Å². The Morgan fingerprint density at radius 3 is 2.44 bits per heavy atom. The number of benzene rings is 1. The Balaban J connectivity index is 1.76. The number of aromatic nitrogens is 2. The van der Waals surface area contributed by atoms with Crippen LogP contribution < -0.4 is 14.4 Å². The highest BCUT2D eigenvalue weighted by atomic mass is 19.1. The number of ether oxygens (including phenoxy) is 2. The molecule has 0 atom stereocenters. The molecule has 1 saturated heterocycles. The summed E-state index contributed by atoms with van der Waals surface area (Å²) in [5, 5.41) is 9.69. The van der Waals surface area contributed by atoms with Crippen LogP contribution in [0.4, 0.5) is 10.2 Å². The van der Waals surface area contributed by atoms with E-state index < -0.39 is 17.4 Å². The van der Waals surface area contributed by atoms with Crippen LogP contribution >= 0.6 is 0 Å². The number of rotatable bonds is 5. The van der Waals surface area contributed by atoms with Crippen LogP contribution in [0.1, 0.15) is 12.8 Å². The van der Waals surface area contributed by atoms with Gasteiger partial charge in [0.05, 0.1) is 7.11 Å². The zero-order valence-electron chi connectivity index (χ0n) is 13.7. The summed E-state index contributed by atoms with van der Waals surface area (Å²) in [7, 11) is 1.51. The molecule has 1 aromatic heterocycles.